The van der Waals surface area contributed by atoms with E-state index in [4.69, 9.17) is 4.99 Å². The number of hydrogen-bond donors (Lipinski definition) is 2. The predicted octanol–water partition coefficient (Wildman–Crippen LogP) is 3.60. The van der Waals surface area contributed by atoms with Gasteiger partial charge < -0.3 is 15.5 Å². The lowest BCUT2D eigenvalue weighted by Gasteiger charge is -2.39. The molecule has 1 aliphatic heterocycles. The fourth-order valence-electron chi connectivity index (χ4n) is 4.26. The van der Waals surface area contributed by atoms with Gasteiger partial charge >= 0.3 is 0 Å². The van der Waals surface area contributed by atoms with Crippen molar-refractivity contribution >= 4 is 17.3 Å². The predicted molar refractivity (Wildman–Crippen MR) is 116 cm³/mol. The maximum atomic E-state index is 4.79. The van der Waals surface area contributed by atoms with E-state index in [0.717, 1.165) is 37.9 Å². The van der Waals surface area contributed by atoms with Crippen LogP contribution in [0.1, 0.15) is 68.7 Å². The molecule has 27 heavy (non-hydrogen) atoms. The second-order valence-corrected chi connectivity index (χ2v) is 9.03. The van der Waals surface area contributed by atoms with E-state index in [-0.39, 0.29) is 0 Å². The van der Waals surface area contributed by atoms with Gasteiger partial charge in [0, 0.05) is 55.8 Å². The molecule has 0 atom stereocenters. The van der Waals surface area contributed by atoms with Crippen LogP contribution in [0.3, 0.4) is 0 Å². The summed E-state index contributed by atoms with van der Waals surface area (Å²) >= 11 is 1.82. The fraction of sp³-hybridized carbons (Fsp3) is 0.810. The van der Waals surface area contributed by atoms with Crippen molar-refractivity contribution in [2.75, 3.05) is 26.2 Å². The lowest BCUT2D eigenvalue weighted by atomic mass is 9.92. The molecule has 1 saturated carbocycles. The third-order valence-corrected chi connectivity index (χ3v) is 7.05. The minimum Gasteiger partial charge on any atom is -0.357 e. The smallest absolute Gasteiger partial charge is 0.191 e. The van der Waals surface area contributed by atoms with Crippen molar-refractivity contribution in [3.05, 3.63) is 16.1 Å². The van der Waals surface area contributed by atoms with Crippen LogP contribution in [-0.2, 0) is 12.8 Å². The van der Waals surface area contributed by atoms with Crippen LogP contribution in [0, 0.1) is 0 Å². The highest BCUT2D eigenvalue weighted by Crippen LogP contribution is 2.25. The van der Waals surface area contributed by atoms with Gasteiger partial charge in [-0.05, 0) is 39.0 Å². The summed E-state index contributed by atoms with van der Waals surface area (Å²) in [4.78, 5) is 13.4. The molecule has 0 bridgehead atoms. The molecule has 6 heteroatoms. The molecule has 1 aromatic rings. The highest BCUT2D eigenvalue weighted by Gasteiger charge is 2.26. The second-order valence-electron chi connectivity index (χ2n) is 7.83. The first kappa shape index (κ1) is 20.6. The zero-order chi connectivity index (χ0) is 18.9. The Labute approximate surface area is 169 Å². The highest BCUT2D eigenvalue weighted by molar-refractivity contribution is 7.11. The van der Waals surface area contributed by atoms with Crippen molar-refractivity contribution in [3.8, 4) is 0 Å². The number of likely N-dealkylation sites (tertiary alicyclic amines) is 1. The van der Waals surface area contributed by atoms with E-state index in [2.05, 4.69) is 34.4 Å². The average Bonchev–Trinajstić information content (AvgIpc) is 3.17. The largest absolute Gasteiger partial charge is 0.357 e. The summed E-state index contributed by atoms with van der Waals surface area (Å²) in [6.45, 7) is 8.50. The van der Waals surface area contributed by atoms with Crippen molar-refractivity contribution in [3.63, 3.8) is 0 Å². The van der Waals surface area contributed by atoms with Gasteiger partial charge in [-0.3, -0.25) is 4.99 Å². The molecule has 2 fully saturated rings. The Morgan fingerprint density at radius 1 is 1.19 bits per heavy atom. The van der Waals surface area contributed by atoms with Gasteiger partial charge in [0.1, 0.15) is 0 Å². The Kier molecular flexibility index (Phi) is 8.39. The van der Waals surface area contributed by atoms with Gasteiger partial charge in [-0.1, -0.05) is 26.2 Å². The fourth-order valence-corrected chi connectivity index (χ4v) is 5.11. The number of hydrogen-bond acceptors (Lipinski definition) is 4. The van der Waals surface area contributed by atoms with Crippen LogP contribution in [0.2, 0.25) is 0 Å². The summed E-state index contributed by atoms with van der Waals surface area (Å²) in [5.74, 6) is 0.973. The van der Waals surface area contributed by atoms with Gasteiger partial charge in [-0.15, -0.1) is 11.3 Å². The van der Waals surface area contributed by atoms with E-state index in [0.29, 0.717) is 6.04 Å². The minimum atomic E-state index is 0.550. The standard InChI is InChI=1S/C21H37N5S/c1-3-19-16-24-20(27-19)10-13-23-21(22-4-2)25-17-11-14-26(15-12-17)18-8-6-5-7-9-18/h16-18H,3-15H2,1-2H3,(H2,22,23,25). The van der Waals surface area contributed by atoms with Crippen LogP contribution in [0.4, 0.5) is 0 Å². The molecule has 0 unspecified atom stereocenters. The highest BCUT2D eigenvalue weighted by atomic mass is 32.1. The van der Waals surface area contributed by atoms with Gasteiger partial charge in [-0.2, -0.15) is 0 Å². The van der Waals surface area contributed by atoms with Gasteiger partial charge in [-0.25, -0.2) is 4.98 Å². The van der Waals surface area contributed by atoms with Gasteiger partial charge in [0.2, 0.25) is 0 Å². The zero-order valence-corrected chi connectivity index (χ0v) is 18.0. The Bertz CT molecular complexity index is 571. The number of nitrogens with one attached hydrogen (secondary N) is 2. The van der Waals surface area contributed by atoms with Crippen LogP contribution >= 0.6 is 11.3 Å². The first-order valence-electron chi connectivity index (χ1n) is 11.0. The van der Waals surface area contributed by atoms with E-state index < -0.39 is 0 Å². The molecule has 0 spiro atoms. The molecule has 0 radical (unpaired) electrons. The summed E-state index contributed by atoms with van der Waals surface area (Å²) in [5, 5.41) is 8.29. The average molecular weight is 392 g/mol. The molecule has 2 aliphatic rings. The number of aliphatic imine (C=N–C) groups is 1. The maximum absolute atomic E-state index is 4.79. The van der Waals surface area contributed by atoms with Crippen LogP contribution in [0.25, 0.3) is 0 Å². The Balaban J connectivity index is 1.43. The van der Waals surface area contributed by atoms with Gasteiger partial charge in [0.15, 0.2) is 5.96 Å². The van der Waals surface area contributed by atoms with Crippen LogP contribution in [-0.4, -0.2) is 54.1 Å². The number of piperidine rings is 1. The molecule has 1 saturated heterocycles. The van der Waals surface area contributed by atoms with E-state index in [1.165, 1.54) is 67.9 Å². The molecule has 0 amide bonds. The molecule has 5 nitrogen and oxygen atoms in total. The van der Waals surface area contributed by atoms with E-state index in [1.54, 1.807) is 0 Å². The summed E-state index contributed by atoms with van der Waals surface area (Å²) in [5.41, 5.74) is 0. The van der Waals surface area contributed by atoms with Crippen LogP contribution in [0.15, 0.2) is 11.2 Å². The van der Waals surface area contributed by atoms with Crippen molar-refractivity contribution in [2.45, 2.75) is 83.7 Å². The zero-order valence-electron chi connectivity index (χ0n) is 17.2. The van der Waals surface area contributed by atoms with Crippen molar-refractivity contribution in [1.82, 2.24) is 20.5 Å². The molecule has 0 aromatic carbocycles. The number of aryl methyl sites for hydroxylation is 1. The van der Waals surface area contributed by atoms with E-state index in [1.807, 2.05) is 17.5 Å². The molecule has 1 aromatic heterocycles. The van der Waals surface area contributed by atoms with Crippen molar-refractivity contribution in [1.29, 1.82) is 0 Å². The molecule has 2 heterocycles. The number of nitrogens with zero attached hydrogens (tertiary/aromatic N) is 3. The molecule has 3 rings (SSSR count). The number of aromatic nitrogens is 1. The van der Waals surface area contributed by atoms with E-state index in [9.17, 15) is 0 Å². The number of rotatable bonds is 7. The maximum Gasteiger partial charge on any atom is 0.191 e. The Morgan fingerprint density at radius 3 is 2.63 bits per heavy atom. The van der Waals surface area contributed by atoms with E-state index >= 15 is 0 Å². The first-order valence-corrected chi connectivity index (χ1v) is 11.8. The summed E-state index contributed by atoms with van der Waals surface area (Å²) in [6, 6.07) is 1.40. The van der Waals surface area contributed by atoms with Crippen LogP contribution in [0.5, 0.6) is 0 Å². The van der Waals surface area contributed by atoms with Crippen LogP contribution < -0.4 is 10.6 Å². The topological polar surface area (TPSA) is 52.6 Å². The second kappa shape index (κ2) is 11.0. The quantitative estimate of drug-likeness (QED) is 0.551. The summed E-state index contributed by atoms with van der Waals surface area (Å²) in [6.07, 6.45) is 13.6. The normalized spacial score (nSPS) is 20.7. The lowest BCUT2D eigenvalue weighted by Crippen LogP contribution is -2.51. The van der Waals surface area contributed by atoms with Crippen molar-refractivity contribution < 1.29 is 0 Å². The van der Waals surface area contributed by atoms with Gasteiger partial charge in [0.25, 0.3) is 0 Å². The summed E-state index contributed by atoms with van der Waals surface area (Å²) < 4.78 is 0. The third kappa shape index (κ3) is 6.46. The Morgan fingerprint density at radius 2 is 1.96 bits per heavy atom. The number of guanidine groups is 1. The van der Waals surface area contributed by atoms with Gasteiger partial charge in [0.05, 0.1) is 5.01 Å². The monoisotopic (exact) mass is 391 g/mol. The third-order valence-electron chi connectivity index (χ3n) is 5.85. The van der Waals surface area contributed by atoms with Crippen molar-refractivity contribution in [2.24, 2.45) is 4.99 Å². The molecule has 152 valence electrons. The molecular formula is C21H37N5S. The number of thiazole rings is 1. The summed E-state index contributed by atoms with van der Waals surface area (Å²) in [7, 11) is 0. The Hall–Kier alpha value is -1.14. The molecule has 2 N–H and O–H groups in total. The SMILES string of the molecule is CCNC(=NCCc1ncc(CC)s1)NC1CCN(C2CCCCC2)CC1. The molecule has 1 aliphatic carbocycles. The first-order chi connectivity index (χ1) is 13.3. The lowest BCUT2D eigenvalue weighted by molar-refractivity contribution is 0.119. The molecular weight excluding hydrogens is 354 g/mol. The minimum absolute atomic E-state index is 0.550.